The number of nitrogens with two attached hydrogens (primary N) is 1. The molecule has 2 N–H and O–H groups in total. The molecule has 1 aromatic rings. The molecular weight excluding hydrogens is 217 g/mol. The first kappa shape index (κ1) is 12.4. The summed E-state index contributed by atoms with van der Waals surface area (Å²) in [6.45, 7) is 0.635. The Morgan fingerprint density at radius 2 is 2.27 bits per heavy atom. The van der Waals surface area contributed by atoms with Crippen LogP contribution in [0.4, 0.5) is 4.39 Å². The van der Waals surface area contributed by atoms with Gasteiger partial charge in [0, 0.05) is 19.8 Å². The second-order valence-corrected chi connectivity index (χ2v) is 3.90. The molecule has 1 unspecified atom stereocenters. The van der Waals surface area contributed by atoms with E-state index < -0.39 is 5.82 Å². The minimum atomic E-state index is -0.397. The molecule has 0 aliphatic rings. The highest BCUT2D eigenvalue weighted by Crippen LogP contribution is 2.17. The van der Waals surface area contributed by atoms with Crippen molar-refractivity contribution in [2.75, 3.05) is 13.7 Å². The van der Waals surface area contributed by atoms with Gasteiger partial charge in [0.15, 0.2) is 0 Å². The zero-order valence-corrected chi connectivity index (χ0v) is 9.43. The van der Waals surface area contributed by atoms with Crippen LogP contribution in [-0.4, -0.2) is 19.8 Å². The Hall–Kier alpha value is -0.640. The van der Waals surface area contributed by atoms with Crippen molar-refractivity contribution >= 4 is 11.6 Å². The van der Waals surface area contributed by atoms with Crippen LogP contribution in [0.5, 0.6) is 0 Å². The van der Waals surface area contributed by atoms with Crippen LogP contribution < -0.4 is 5.73 Å². The van der Waals surface area contributed by atoms with Gasteiger partial charge >= 0.3 is 0 Å². The summed E-state index contributed by atoms with van der Waals surface area (Å²) in [5.74, 6) is -0.397. The van der Waals surface area contributed by atoms with E-state index in [9.17, 15) is 4.39 Å². The van der Waals surface area contributed by atoms with Gasteiger partial charge in [0.05, 0.1) is 5.02 Å². The predicted molar refractivity (Wildman–Crippen MR) is 59.6 cm³/mol. The summed E-state index contributed by atoms with van der Waals surface area (Å²) in [4.78, 5) is 0. The van der Waals surface area contributed by atoms with Crippen LogP contribution in [0.1, 0.15) is 12.0 Å². The van der Waals surface area contributed by atoms with Crippen molar-refractivity contribution in [1.82, 2.24) is 0 Å². The second kappa shape index (κ2) is 6.05. The Morgan fingerprint density at radius 1 is 1.53 bits per heavy atom. The normalized spacial score (nSPS) is 12.8. The lowest BCUT2D eigenvalue weighted by molar-refractivity contribution is 0.188. The standard InChI is InChI=1S/C11H15ClFNO/c1-15-5-4-9(14)6-8-2-3-11(13)10(12)7-8/h2-3,7,9H,4-6,14H2,1H3. The van der Waals surface area contributed by atoms with Gasteiger partial charge in [0.1, 0.15) is 5.82 Å². The van der Waals surface area contributed by atoms with Crippen LogP contribution in [-0.2, 0) is 11.2 Å². The van der Waals surface area contributed by atoms with E-state index in [1.54, 1.807) is 19.2 Å². The van der Waals surface area contributed by atoms with E-state index >= 15 is 0 Å². The first-order valence-electron chi connectivity index (χ1n) is 4.82. The number of halogens is 2. The number of ether oxygens (including phenoxy) is 1. The first-order chi connectivity index (χ1) is 7.13. The topological polar surface area (TPSA) is 35.2 Å². The highest BCUT2D eigenvalue weighted by molar-refractivity contribution is 6.30. The molecule has 0 spiro atoms. The zero-order valence-electron chi connectivity index (χ0n) is 8.67. The fourth-order valence-corrected chi connectivity index (χ4v) is 1.54. The van der Waals surface area contributed by atoms with Crippen molar-refractivity contribution in [3.05, 3.63) is 34.6 Å². The minimum absolute atomic E-state index is 0.0199. The van der Waals surface area contributed by atoms with E-state index in [1.165, 1.54) is 6.07 Å². The molecule has 1 atom stereocenters. The van der Waals surface area contributed by atoms with Crippen molar-refractivity contribution in [3.8, 4) is 0 Å². The Bertz CT molecular complexity index is 319. The molecule has 4 heteroatoms. The Morgan fingerprint density at radius 3 is 2.87 bits per heavy atom. The molecule has 1 aromatic carbocycles. The summed E-state index contributed by atoms with van der Waals surface area (Å²) in [6, 6.07) is 4.70. The van der Waals surface area contributed by atoms with E-state index in [0.29, 0.717) is 13.0 Å². The number of benzene rings is 1. The van der Waals surface area contributed by atoms with Gasteiger partial charge in [0.2, 0.25) is 0 Å². The minimum Gasteiger partial charge on any atom is -0.385 e. The molecule has 0 saturated heterocycles. The molecule has 0 bridgehead atoms. The Labute approximate surface area is 94.2 Å². The summed E-state index contributed by atoms with van der Waals surface area (Å²) in [5.41, 5.74) is 6.81. The summed E-state index contributed by atoms with van der Waals surface area (Å²) in [7, 11) is 1.64. The third-order valence-electron chi connectivity index (χ3n) is 2.17. The molecule has 0 aliphatic carbocycles. The van der Waals surface area contributed by atoms with Crippen molar-refractivity contribution in [2.45, 2.75) is 18.9 Å². The van der Waals surface area contributed by atoms with Crippen LogP contribution in [0.25, 0.3) is 0 Å². The molecule has 0 amide bonds. The van der Waals surface area contributed by atoms with Crippen molar-refractivity contribution < 1.29 is 9.13 Å². The Balaban J connectivity index is 2.53. The lowest BCUT2D eigenvalue weighted by atomic mass is 10.0. The van der Waals surface area contributed by atoms with Gasteiger partial charge in [-0.05, 0) is 30.5 Å². The van der Waals surface area contributed by atoms with Crippen LogP contribution >= 0.6 is 11.6 Å². The van der Waals surface area contributed by atoms with Gasteiger partial charge in [-0.25, -0.2) is 4.39 Å². The SMILES string of the molecule is COCCC(N)Cc1ccc(F)c(Cl)c1. The third kappa shape index (κ3) is 4.16. The van der Waals surface area contributed by atoms with E-state index in [2.05, 4.69) is 0 Å². The van der Waals surface area contributed by atoms with Gasteiger partial charge < -0.3 is 10.5 Å². The van der Waals surface area contributed by atoms with E-state index in [4.69, 9.17) is 22.1 Å². The second-order valence-electron chi connectivity index (χ2n) is 3.49. The van der Waals surface area contributed by atoms with Crippen LogP contribution in [0.2, 0.25) is 5.02 Å². The van der Waals surface area contributed by atoms with Gasteiger partial charge in [-0.15, -0.1) is 0 Å². The summed E-state index contributed by atoms with van der Waals surface area (Å²) in [5, 5.41) is 0.145. The molecule has 0 radical (unpaired) electrons. The average molecular weight is 232 g/mol. The molecular formula is C11H15ClFNO. The molecule has 1 rings (SSSR count). The molecule has 2 nitrogen and oxygen atoms in total. The van der Waals surface area contributed by atoms with E-state index in [1.807, 2.05) is 0 Å². The van der Waals surface area contributed by atoms with Crippen molar-refractivity contribution in [2.24, 2.45) is 5.73 Å². The maximum Gasteiger partial charge on any atom is 0.141 e. The predicted octanol–water partition coefficient (Wildman–Crippen LogP) is 2.39. The molecule has 15 heavy (non-hydrogen) atoms. The highest BCUT2D eigenvalue weighted by atomic mass is 35.5. The Kier molecular flexibility index (Phi) is 5.02. The first-order valence-corrected chi connectivity index (χ1v) is 5.19. The number of hydrogen-bond acceptors (Lipinski definition) is 2. The average Bonchev–Trinajstić information content (AvgIpc) is 2.20. The molecule has 0 heterocycles. The third-order valence-corrected chi connectivity index (χ3v) is 2.46. The lowest BCUT2D eigenvalue weighted by Crippen LogP contribution is -2.24. The quantitative estimate of drug-likeness (QED) is 0.845. The largest absolute Gasteiger partial charge is 0.385 e. The fraction of sp³-hybridized carbons (Fsp3) is 0.455. The van der Waals surface area contributed by atoms with Gasteiger partial charge in [-0.3, -0.25) is 0 Å². The molecule has 0 aliphatic heterocycles. The highest BCUT2D eigenvalue weighted by Gasteiger charge is 2.06. The molecule has 0 fully saturated rings. The van der Waals surface area contributed by atoms with Gasteiger partial charge in [-0.1, -0.05) is 17.7 Å². The van der Waals surface area contributed by atoms with Crippen molar-refractivity contribution in [1.29, 1.82) is 0 Å². The summed E-state index contributed by atoms with van der Waals surface area (Å²) >= 11 is 5.66. The number of methoxy groups -OCH3 is 1. The number of hydrogen-bond donors (Lipinski definition) is 1. The lowest BCUT2D eigenvalue weighted by Gasteiger charge is -2.11. The summed E-state index contributed by atoms with van der Waals surface area (Å²) < 4.78 is 17.8. The maximum atomic E-state index is 12.9. The molecule has 0 saturated carbocycles. The smallest absolute Gasteiger partial charge is 0.141 e. The molecule has 84 valence electrons. The fourth-order valence-electron chi connectivity index (χ4n) is 1.34. The van der Waals surface area contributed by atoms with Crippen LogP contribution in [0.3, 0.4) is 0 Å². The number of rotatable bonds is 5. The van der Waals surface area contributed by atoms with Crippen LogP contribution in [0.15, 0.2) is 18.2 Å². The van der Waals surface area contributed by atoms with E-state index in [-0.39, 0.29) is 11.1 Å². The maximum absolute atomic E-state index is 12.9. The van der Waals surface area contributed by atoms with Crippen LogP contribution in [0, 0.1) is 5.82 Å². The molecule has 0 aromatic heterocycles. The van der Waals surface area contributed by atoms with Gasteiger partial charge in [-0.2, -0.15) is 0 Å². The zero-order chi connectivity index (χ0) is 11.3. The monoisotopic (exact) mass is 231 g/mol. The van der Waals surface area contributed by atoms with E-state index in [0.717, 1.165) is 12.0 Å². The van der Waals surface area contributed by atoms with Crippen molar-refractivity contribution in [3.63, 3.8) is 0 Å². The summed E-state index contributed by atoms with van der Waals surface area (Å²) in [6.07, 6.45) is 1.47. The van der Waals surface area contributed by atoms with Gasteiger partial charge in [0.25, 0.3) is 0 Å².